The number of fused-ring (bicyclic) bond motifs is 1. The number of carbonyl (C=O) groups is 2. The molecular weight excluding hydrogens is 512 g/mol. The van der Waals surface area contributed by atoms with Gasteiger partial charge in [-0.3, -0.25) is 4.79 Å². The molecule has 1 aliphatic heterocycles. The maximum absolute atomic E-state index is 13.0. The molecule has 0 bridgehead atoms. The fraction of sp³-hybridized carbons (Fsp3) is 0.538. The molecule has 4 rings (SSSR count). The van der Waals surface area contributed by atoms with E-state index in [0.29, 0.717) is 36.3 Å². The van der Waals surface area contributed by atoms with Crippen LogP contribution in [0.4, 0.5) is 5.13 Å². The van der Waals surface area contributed by atoms with Gasteiger partial charge in [-0.25, -0.2) is 14.8 Å². The van der Waals surface area contributed by atoms with Crippen molar-refractivity contribution in [3.05, 3.63) is 40.4 Å². The summed E-state index contributed by atoms with van der Waals surface area (Å²) in [6.45, 7) is 9.82. The van der Waals surface area contributed by atoms with Crippen LogP contribution in [0.15, 0.2) is 18.2 Å². The van der Waals surface area contributed by atoms with E-state index in [1.165, 1.54) is 11.3 Å². The van der Waals surface area contributed by atoms with Gasteiger partial charge in [0, 0.05) is 31.2 Å². The summed E-state index contributed by atoms with van der Waals surface area (Å²) in [6.07, 6.45) is 3.40. The average Bonchev–Trinajstić information content (AvgIpc) is 3.51. The SMILES string of the molecule is CCOC(=O)c1cccc2nc(N3CCC(NC(=O)c4nc(Cl)c(CC)[nH]4)C(NC(CC)CC)C3)sc12. The van der Waals surface area contributed by atoms with Crippen molar-refractivity contribution < 1.29 is 14.3 Å². The Morgan fingerprint density at radius 3 is 2.68 bits per heavy atom. The fourth-order valence-electron chi connectivity index (χ4n) is 4.70. The highest BCUT2D eigenvalue weighted by Crippen LogP contribution is 2.33. The molecular formula is C26H35ClN6O3S. The Morgan fingerprint density at radius 1 is 1.22 bits per heavy atom. The van der Waals surface area contributed by atoms with Gasteiger partial charge in [0.15, 0.2) is 16.1 Å². The molecule has 2 atom stereocenters. The molecule has 2 aromatic heterocycles. The molecule has 9 nitrogen and oxygen atoms in total. The quantitative estimate of drug-likeness (QED) is 0.319. The van der Waals surface area contributed by atoms with E-state index in [1.807, 2.05) is 19.1 Å². The molecule has 0 saturated carbocycles. The first-order chi connectivity index (χ1) is 17.9. The molecule has 37 heavy (non-hydrogen) atoms. The van der Waals surface area contributed by atoms with E-state index < -0.39 is 0 Å². The molecule has 1 aliphatic rings. The van der Waals surface area contributed by atoms with Crippen LogP contribution in [-0.2, 0) is 11.2 Å². The number of hydrogen-bond donors (Lipinski definition) is 3. The van der Waals surface area contributed by atoms with Gasteiger partial charge in [-0.1, -0.05) is 49.8 Å². The second-order valence-electron chi connectivity index (χ2n) is 9.18. The number of halogens is 1. The van der Waals surface area contributed by atoms with Crippen LogP contribution in [0, 0.1) is 0 Å². The van der Waals surface area contributed by atoms with E-state index in [0.717, 1.165) is 46.8 Å². The van der Waals surface area contributed by atoms with Crippen LogP contribution in [-0.4, -0.2) is 64.7 Å². The zero-order valence-corrected chi connectivity index (χ0v) is 23.3. The van der Waals surface area contributed by atoms with Gasteiger partial charge >= 0.3 is 5.97 Å². The first-order valence-corrected chi connectivity index (χ1v) is 14.2. The Morgan fingerprint density at radius 2 is 2.00 bits per heavy atom. The van der Waals surface area contributed by atoms with Gasteiger partial charge < -0.3 is 25.3 Å². The number of nitrogens with one attached hydrogen (secondary N) is 3. The summed E-state index contributed by atoms with van der Waals surface area (Å²) in [5.74, 6) is -0.346. The van der Waals surface area contributed by atoms with Gasteiger partial charge in [0.1, 0.15) is 0 Å². The first-order valence-electron chi connectivity index (χ1n) is 13.0. The zero-order chi connectivity index (χ0) is 26.5. The third-order valence-electron chi connectivity index (χ3n) is 6.83. The lowest BCUT2D eigenvalue weighted by atomic mass is 9.97. The summed E-state index contributed by atoms with van der Waals surface area (Å²) in [7, 11) is 0. The number of thiazole rings is 1. The summed E-state index contributed by atoms with van der Waals surface area (Å²) in [5, 5.41) is 8.14. The molecule has 0 aliphatic carbocycles. The average molecular weight is 547 g/mol. The van der Waals surface area contributed by atoms with Crippen molar-refractivity contribution in [2.75, 3.05) is 24.6 Å². The Bertz CT molecular complexity index is 1240. The number of ether oxygens (including phenoxy) is 1. The van der Waals surface area contributed by atoms with E-state index in [-0.39, 0.29) is 29.8 Å². The lowest BCUT2D eigenvalue weighted by Gasteiger charge is -2.40. The second kappa shape index (κ2) is 12.2. The number of piperidine rings is 1. The summed E-state index contributed by atoms with van der Waals surface area (Å²) in [4.78, 5) is 39.8. The molecule has 1 fully saturated rings. The predicted octanol–water partition coefficient (Wildman–Crippen LogP) is 4.57. The van der Waals surface area contributed by atoms with E-state index in [9.17, 15) is 9.59 Å². The maximum atomic E-state index is 13.0. The number of carbonyl (C=O) groups excluding carboxylic acids is 2. The number of imidazole rings is 1. The number of rotatable bonds is 10. The number of hydrogen-bond acceptors (Lipinski definition) is 8. The lowest BCUT2D eigenvalue weighted by Crippen LogP contribution is -2.61. The first kappa shape index (κ1) is 27.3. The Labute approximate surface area is 226 Å². The molecule has 3 aromatic rings. The maximum Gasteiger partial charge on any atom is 0.339 e. The summed E-state index contributed by atoms with van der Waals surface area (Å²) in [6, 6.07) is 5.80. The van der Waals surface area contributed by atoms with E-state index in [4.69, 9.17) is 21.3 Å². The molecule has 200 valence electrons. The number of aryl methyl sites for hydroxylation is 1. The highest BCUT2D eigenvalue weighted by atomic mass is 35.5. The largest absolute Gasteiger partial charge is 0.462 e. The third kappa shape index (κ3) is 6.08. The standard InChI is InChI=1S/C26H35ClN6O3S/c1-5-15(6-2)28-20-14-33(13-12-18(20)30-24(34)23-29-17(7-3)22(27)32-23)26-31-19-11-9-10-16(21(19)37-26)25(35)36-8-4/h9-11,15,18,20,28H,5-8,12-14H2,1-4H3,(H,29,32)(H,30,34). The van der Waals surface area contributed by atoms with E-state index in [1.54, 1.807) is 13.0 Å². The van der Waals surface area contributed by atoms with Crippen LogP contribution in [0.2, 0.25) is 5.15 Å². The van der Waals surface area contributed by atoms with E-state index >= 15 is 0 Å². The van der Waals surface area contributed by atoms with Crippen LogP contribution >= 0.6 is 22.9 Å². The van der Waals surface area contributed by atoms with Crippen LogP contribution < -0.4 is 15.5 Å². The smallest absolute Gasteiger partial charge is 0.339 e. The Balaban J connectivity index is 1.55. The second-order valence-corrected chi connectivity index (χ2v) is 10.5. The number of anilines is 1. The highest BCUT2D eigenvalue weighted by Gasteiger charge is 2.33. The fourth-order valence-corrected chi connectivity index (χ4v) is 6.07. The molecule has 1 saturated heterocycles. The predicted molar refractivity (Wildman–Crippen MR) is 148 cm³/mol. The Kier molecular flexibility index (Phi) is 9.04. The van der Waals surface area contributed by atoms with Crippen LogP contribution in [0.1, 0.15) is 73.6 Å². The van der Waals surface area contributed by atoms with Crippen molar-refractivity contribution in [2.45, 2.75) is 71.5 Å². The normalized spacial score (nSPS) is 17.9. The number of aromatic amines is 1. The zero-order valence-electron chi connectivity index (χ0n) is 21.8. The van der Waals surface area contributed by atoms with Crippen LogP contribution in [0.5, 0.6) is 0 Å². The number of aromatic nitrogens is 3. The van der Waals surface area contributed by atoms with Crippen molar-refractivity contribution in [1.29, 1.82) is 0 Å². The number of benzene rings is 1. The molecule has 3 heterocycles. The molecule has 3 N–H and O–H groups in total. The van der Waals surface area contributed by atoms with Crippen LogP contribution in [0.3, 0.4) is 0 Å². The molecule has 0 spiro atoms. The van der Waals surface area contributed by atoms with E-state index in [2.05, 4.69) is 39.3 Å². The Hall–Kier alpha value is -2.69. The molecule has 1 aromatic carbocycles. The van der Waals surface area contributed by atoms with Crippen molar-refractivity contribution in [3.63, 3.8) is 0 Å². The lowest BCUT2D eigenvalue weighted by molar-refractivity contribution is 0.0528. The van der Waals surface area contributed by atoms with Crippen molar-refractivity contribution in [3.8, 4) is 0 Å². The molecule has 1 amide bonds. The minimum absolute atomic E-state index is 0.00946. The van der Waals surface area contributed by atoms with Crippen LogP contribution in [0.25, 0.3) is 10.2 Å². The topological polar surface area (TPSA) is 112 Å². The van der Waals surface area contributed by atoms with Gasteiger partial charge in [0.25, 0.3) is 5.91 Å². The number of amides is 1. The molecule has 0 radical (unpaired) electrons. The summed E-state index contributed by atoms with van der Waals surface area (Å²) in [5.41, 5.74) is 2.08. The van der Waals surface area contributed by atoms with Gasteiger partial charge in [0.2, 0.25) is 0 Å². The van der Waals surface area contributed by atoms with Gasteiger partial charge in [-0.05, 0) is 44.7 Å². The molecule has 2 unspecified atom stereocenters. The van der Waals surface area contributed by atoms with Gasteiger partial charge in [0.05, 0.1) is 28.1 Å². The van der Waals surface area contributed by atoms with Gasteiger partial charge in [-0.2, -0.15) is 0 Å². The monoisotopic (exact) mass is 546 g/mol. The molecule has 11 heteroatoms. The van der Waals surface area contributed by atoms with Gasteiger partial charge in [-0.15, -0.1) is 0 Å². The number of H-pyrrole nitrogens is 1. The summed E-state index contributed by atoms with van der Waals surface area (Å²) >= 11 is 7.66. The summed E-state index contributed by atoms with van der Waals surface area (Å²) < 4.78 is 6.07. The van der Waals surface area contributed by atoms with Crippen molar-refractivity contribution in [1.82, 2.24) is 25.6 Å². The third-order valence-corrected chi connectivity index (χ3v) is 8.31. The van der Waals surface area contributed by atoms with Crippen molar-refractivity contribution in [2.24, 2.45) is 0 Å². The minimum atomic E-state index is -0.331. The number of esters is 1. The minimum Gasteiger partial charge on any atom is -0.462 e. The highest BCUT2D eigenvalue weighted by molar-refractivity contribution is 7.22. The van der Waals surface area contributed by atoms with Crippen molar-refractivity contribution >= 4 is 50.2 Å². The number of nitrogens with zero attached hydrogens (tertiary/aromatic N) is 3.